The highest BCUT2D eigenvalue weighted by atomic mass is 15.1. The van der Waals surface area contributed by atoms with Gasteiger partial charge in [0.1, 0.15) is 5.65 Å². The minimum absolute atomic E-state index is 0.924. The second kappa shape index (κ2) is 10.8. The van der Waals surface area contributed by atoms with Crippen LogP contribution in [0.15, 0.2) is 176 Å². The van der Waals surface area contributed by atoms with Gasteiger partial charge in [-0.05, 0) is 60.2 Å². The van der Waals surface area contributed by atoms with Crippen molar-refractivity contribution >= 4 is 65.5 Å². The molecule has 0 saturated heterocycles. The first-order valence-corrected chi connectivity index (χ1v) is 17.2. The largest absolute Gasteiger partial charge is 0.309 e. The van der Waals surface area contributed by atoms with Crippen LogP contribution in [0.2, 0.25) is 0 Å². The van der Waals surface area contributed by atoms with E-state index >= 15 is 0 Å². The third-order valence-electron chi connectivity index (χ3n) is 10.4. The minimum atomic E-state index is 0.924. The van der Waals surface area contributed by atoms with E-state index in [9.17, 15) is 0 Å². The average molecular weight is 652 g/mol. The highest BCUT2D eigenvalue weighted by Crippen LogP contribution is 2.39. The average Bonchev–Trinajstić information content (AvgIpc) is 3.84. The fourth-order valence-corrected chi connectivity index (χ4v) is 8.22. The monoisotopic (exact) mass is 651 g/mol. The lowest BCUT2D eigenvalue weighted by Gasteiger charge is -2.15. The Bertz CT molecular complexity index is 3050. The first-order chi connectivity index (χ1) is 25.3. The van der Waals surface area contributed by atoms with Gasteiger partial charge in [0.2, 0.25) is 0 Å². The van der Waals surface area contributed by atoms with Crippen molar-refractivity contribution in [2.45, 2.75) is 0 Å². The summed E-state index contributed by atoms with van der Waals surface area (Å²) in [6.45, 7) is 0. The van der Waals surface area contributed by atoms with Crippen LogP contribution in [0.1, 0.15) is 0 Å². The van der Waals surface area contributed by atoms with Crippen LogP contribution in [0.4, 0.5) is 0 Å². The molecule has 11 rings (SSSR count). The molecule has 0 aliphatic heterocycles. The molecule has 0 aliphatic rings. The van der Waals surface area contributed by atoms with E-state index < -0.39 is 0 Å². The van der Waals surface area contributed by atoms with Crippen molar-refractivity contribution in [3.05, 3.63) is 176 Å². The molecule has 238 valence electrons. The number of benzene rings is 6. The summed E-state index contributed by atoms with van der Waals surface area (Å²) in [6.07, 6.45) is 5.83. The Labute approximate surface area is 292 Å². The summed E-state index contributed by atoms with van der Waals surface area (Å²) in [5, 5.41) is 7.10. The zero-order valence-corrected chi connectivity index (χ0v) is 27.5. The van der Waals surface area contributed by atoms with Gasteiger partial charge in [-0.15, -0.1) is 0 Å². The van der Waals surface area contributed by atoms with E-state index in [1.807, 2.05) is 18.6 Å². The molecule has 0 spiro atoms. The van der Waals surface area contributed by atoms with Gasteiger partial charge in [0.05, 0.1) is 45.2 Å². The van der Waals surface area contributed by atoms with Crippen molar-refractivity contribution in [3.63, 3.8) is 0 Å². The SMILES string of the molecule is c1cc(-c2ccccc2-n2c3ccccc3c3cc(-n4c5ccccc5c5cnccc54)cnc32)cc(-n2c3ccccc3c3ccccc32)c1. The van der Waals surface area contributed by atoms with Crippen LogP contribution in [0.3, 0.4) is 0 Å². The van der Waals surface area contributed by atoms with E-state index in [0.29, 0.717) is 0 Å². The molecule has 11 aromatic rings. The van der Waals surface area contributed by atoms with E-state index in [1.165, 1.54) is 27.2 Å². The third kappa shape index (κ3) is 4.03. The van der Waals surface area contributed by atoms with Crippen LogP contribution in [0.25, 0.3) is 93.7 Å². The highest BCUT2D eigenvalue weighted by molar-refractivity contribution is 6.12. The molecular weight excluding hydrogens is 623 g/mol. The van der Waals surface area contributed by atoms with Crippen LogP contribution in [-0.4, -0.2) is 23.7 Å². The molecule has 5 heterocycles. The maximum absolute atomic E-state index is 5.25. The predicted molar refractivity (Wildman–Crippen MR) is 210 cm³/mol. The van der Waals surface area contributed by atoms with Gasteiger partial charge in [-0.3, -0.25) is 9.55 Å². The first-order valence-electron chi connectivity index (χ1n) is 17.2. The number of hydrogen-bond donors (Lipinski definition) is 0. The van der Waals surface area contributed by atoms with Crippen LogP contribution >= 0.6 is 0 Å². The Morgan fingerprint density at radius 1 is 0.373 bits per heavy atom. The van der Waals surface area contributed by atoms with Crippen LogP contribution in [-0.2, 0) is 0 Å². The molecule has 0 radical (unpaired) electrons. The van der Waals surface area contributed by atoms with Gasteiger partial charge in [0.25, 0.3) is 0 Å². The standard InChI is InChI=1S/C46H29N5/c1-6-19-40(33(14-1)30-12-11-13-31(26-30)49-41-20-7-2-15-34(41)35-16-3-8-21-42(35)49)51-44-23-10-4-17-36(44)38-27-32(28-48-46(38)51)50-43-22-9-5-18-37(43)39-29-47-25-24-45(39)50/h1-29H. The molecule has 0 amide bonds. The Balaban J connectivity index is 1.13. The van der Waals surface area contributed by atoms with Crippen molar-refractivity contribution in [3.8, 4) is 28.2 Å². The van der Waals surface area contributed by atoms with Crippen molar-refractivity contribution in [2.24, 2.45) is 0 Å². The number of aromatic nitrogens is 5. The number of pyridine rings is 2. The number of para-hydroxylation sites is 5. The molecule has 51 heavy (non-hydrogen) atoms. The van der Waals surface area contributed by atoms with Gasteiger partial charge < -0.3 is 9.13 Å². The van der Waals surface area contributed by atoms with Crippen LogP contribution in [0, 0.1) is 0 Å². The Morgan fingerprint density at radius 3 is 1.63 bits per heavy atom. The first kappa shape index (κ1) is 27.9. The maximum atomic E-state index is 5.25. The molecule has 5 heteroatoms. The molecule has 0 unspecified atom stereocenters. The van der Waals surface area contributed by atoms with Crippen molar-refractivity contribution in [1.82, 2.24) is 23.7 Å². The highest BCUT2D eigenvalue weighted by Gasteiger charge is 2.20. The molecule has 0 aliphatic carbocycles. The Hall–Kier alpha value is -6.98. The number of fused-ring (bicyclic) bond motifs is 9. The third-order valence-corrected chi connectivity index (χ3v) is 10.4. The molecule has 0 N–H and O–H groups in total. The molecule has 6 aromatic carbocycles. The second-order valence-electron chi connectivity index (χ2n) is 13.1. The quantitative estimate of drug-likeness (QED) is 0.190. The van der Waals surface area contributed by atoms with E-state index in [2.05, 4.69) is 176 Å². The molecule has 0 atom stereocenters. The molecule has 5 nitrogen and oxygen atoms in total. The van der Waals surface area contributed by atoms with Crippen LogP contribution in [0.5, 0.6) is 0 Å². The normalized spacial score (nSPS) is 11.9. The van der Waals surface area contributed by atoms with Crippen molar-refractivity contribution in [2.75, 3.05) is 0 Å². The Morgan fingerprint density at radius 2 is 0.922 bits per heavy atom. The van der Waals surface area contributed by atoms with Gasteiger partial charge in [0.15, 0.2) is 0 Å². The molecule has 0 saturated carbocycles. The van der Waals surface area contributed by atoms with Crippen molar-refractivity contribution in [1.29, 1.82) is 0 Å². The smallest absolute Gasteiger partial charge is 0.145 e. The summed E-state index contributed by atoms with van der Waals surface area (Å²) < 4.78 is 7.01. The van der Waals surface area contributed by atoms with Gasteiger partial charge in [-0.2, -0.15) is 0 Å². The second-order valence-corrected chi connectivity index (χ2v) is 13.1. The van der Waals surface area contributed by atoms with Gasteiger partial charge >= 0.3 is 0 Å². The molecule has 0 fully saturated rings. The van der Waals surface area contributed by atoms with Crippen molar-refractivity contribution < 1.29 is 0 Å². The number of nitrogens with zero attached hydrogens (tertiary/aromatic N) is 5. The summed E-state index contributed by atoms with van der Waals surface area (Å²) in [6, 6.07) is 56.5. The lowest BCUT2D eigenvalue weighted by Crippen LogP contribution is -2.00. The molecule has 0 bridgehead atoms. The topological polar surface area (TPSA) is 40.6 Å². The van der Waals surface area contributed by atoms with Gasteiger partial charge in [0, 0.05) is 56.0 Å². The molecular formula is C46H29N5. The number of rotatable bonds is 4. The number of hydrogen-bond acceptors (Lipinski definition) is 2. The fourth-order valence-electron chi connectivity index (χ4n) is 8.22. The fraction of sp³-hybridized carbons (Fsp3) is 0. The van der Waals surface area contributed by atoms with E-state index in [-0.39, 0.29) is 0 Å². The van der Waals surface area contributed by atoms with E-state index in [0.717, 1.165) is 66.5 Å². The predicted octanol–water partition coefficient (Wildman–Crippen LogP) is 11.4. The summed E-state index contributed by atoms with van der Waals surface area (Å²) in [5.41, 5.74) is 12.2. The van der Waals surface area contributed by atoms with Crippen LogP contribution < -0.4 is 0 Å². The zero-order valence-electron chi connectivity index (χ0n) is 27.5. The lowest BCUT2D eigenvalue weighted by atomic mass is 10.0. The summed E-state index contributed by atoms with van der Waals surface area (Å²) in [5.74, 6) is 0. The van der Waals surface area contributed by atoms with Gasteiger partial charge in [-0.1, -0.05) is 103 Å². The maximum Gasteiger partial charge on any atom is 0.145 e. The van der Waals surface area contributed by atoms with E-state index in [1.54, 1.807) is 0 Å². The minimum Gasteiger partial charge on any atom is -0.309 e. The van der Waals surface area contributed by atoms with E-state index in [4.69, 9.17) is 4.98 Å². The Kier molecular flexibility index (Phi) is 5.89. The zero-order chi connectivity index (χ0) is 33.5. The summed E-state index contributed by atoms with van der Waals surface area (Å²) >= 11 is 0. The lowest BCUT2D eigenvalue weighted by molar-refractivity contribution is 1.11. The molecule has 5 aromatic heterocycles. The summed E-state index contributed by atoms with van der Waals surface area (Å²) in [4.78, 5) is 9.69. The summed E-state index contributed by atoms with van der Waals surface area (Å²) in [7, 11) is 0. The van der Waals surface area contributed by atoms with Gasteiger partial charge in [-0.25, -0.2) is 4.98 Å².